The van der Waals surface area contributed by atoms with Crippen molar-refractivity contribution in [2.75, 3.05) is 18.1 Å². The molecule has 0 saturated carbocycles. The number of ether oxygens (including phenoxy) is 1. The number of benzene rings is 1. The molecule has 2 aromatic rings. The van der Waals surface area contributed by atoms with E-state index in [0.717, 1.165) is 10.4 Å². The quantitative estimate of drug-likeness (QED) is 0.728. The molecule has 1 amide bonds. The average Bonchev–Trinajstić information content (AvgIpc) is 3.16. The van der Waals surface area contributed by atoms with Gasteiger partial charge in [-0.25, -0.2) is 8.42 Å². The number of thiophene rings is 1. The second-order valence-corrected chi connectivity index (χ2v) is 10.0. The second kappa shape index (κ2) is 7.98. The molecular formula is C18H20ClNO4S2. The highest BCUT2D eigenvalue weighted by atomic mass is 35.5. The summed E-state index contributed by atoms with van der Waals surface area (Å²) in [5.41, 5.74) is 1.10. The number of amides is 1. The molecule has 1 aliphatic heterocycles. The van der Waals surface area contributed by atoms with E-state index in [2.05, 4.69) is 0 Å². The van der Waals surface area contributed by atoms with Crippen molar-refractivity contribution in [3.05, 3.63) is 51.2 Å². The summed E-state index contributed by atoms with van der Waals surface area (Å²) < 4.78 is 29.3. The highest BCUT2D eigenvalue weighted by molar-refractivity contribution is 7.91. The number of aryl methyl sites for hydroxylation is 1. The molecule has 1 aromatic heterocycles. The van der Waals surface area contributed by atoms with Gasteiger partial charge in [-0.3, -0.25) is 4.79 Å². The fourth-order valence-corrected chi connectivity index (χ4v) is 5.68. The Kier molecular flexibility index (Phi) is 5.89. The molecular weight excluding hydrogens is 394 g/mol. The topological polar surface area (TPSA) is 63.7 Å². The van der Waals surface area contributed by atoms with E-state index in [1.54, 1.807) is 40.5 Å². The van der Waals surface area contributed by atoms with Crippen molar-refractivity contribution in [2.24, 2.45) is 0 Å². The van der Waals surface area contributed by atoms with Gasteiger partial charge in [0.25, 0.3) is 5.91 Å². The third-order valence-corrected chi connectivity index (χ3v) is 7.44. The lowest BCUT2D eigenvalue weighted by Crippen LogP contribution is -2.43. The van der Waals surface area contributed by atoms with Crippen LogP contribution in [0.4, 0.5) is 0 Å². The van der Waals surface area contributed by atoms with Crippen LogP contribution in [0.15, 0.2) is 35.7 Å². The Labute approximate surface area is 162 Å². The highest BCUT2D eigenvalue weighted by Gasteiger charge is 2.35. The van der Waals surface area contributed by atoms with Crippen LogP contribution in [0, 0.1) is 6.92 Å². The van der Waals surface area contributed by atoms with Crippen molar-refractivity contribution in [2.45, 2.75) is 25.9 Å². The van der Waals surface area contributed by atoms with Crippen LogP contribution in [-0.2, 0) is 21.2 Å². The van der Waals surface area contributed by atoms with Gasteiger partial charge in [0.05, 0.1) is 18.1 Å². The van der Waals surface area contributed by atoms with Gasteiger partial charge in [-0.05, 0) is 54.6 Å². The van der Waals surface area contributed by atoms with Crippen molar-refractivity contribution in [3.63, 3.8) is 0 Å². The summed E-state index contributed by atoms with van der Waals surface area (Å²) in [5, 5.41) is 2.57. The largest absolute Gasteiger partial charge is 0.484 e. The van der Waals surface area contributed by atoms with E-state index in [0.29, 0.717) is 23.7 Å². The Morgan fingerprint density at radius 2 is 2.04 bits per heavy atom. The van der Waals surface area contributed by atoms with Gasteiger partial charge in [0.2, 0.25) is 0 Å². The van der Waals surface area contributed by atoms with Crippen molar-refractivity contribution in [1.29, 1.82) is 0 Å². The maximum absolute atomic E-state index is 12.8. The minimum absolute atomic E-state index is 0.0180. The summed E-state index contributed by atoms with van der Waals surface area (Å²) in [7, 11) is -3.08. The Balaban J connectivity index is 1.72. The van der Waals surface area contributed by atoms with Crippen LogP contribution in [0.1, 0.15) is 16.9 Å². The molecule has 26 heavy (non-hydrogen) atoms. The zero-order valence-corrected chi connectivity index (χ0v) is 16.7. The third kappa shape index (κ3) is 4.78. The maximum Gasteiger partial charge on any atom is 0.261 e. The molecule has 8 heteroatoms. The third-order valence-electron chi connectivity index (χ3n) is 4.43. The van der Waals surface area contributed by atoms with Gasteiger partial charge < -0.3 is 9.64 Å². The Morgan fingerprint density at radius 1 is 1.31 bits per heavy atom. The molecule has 1 fully saturated rings. The first-order chi connectivity index (χ1) is 12.3. The van der Waals surface area contributed by atoms with Gasteiger partial charge in [0.1, 0.15) is 5.75 Å². The monoisotopic (exact) mass is 413 g/mol. The minimum Gasteiger partial charge on any atom is -0.484 e. The number of rotatable bonds is 6. The Morgan fingerprint density at radius 3 is 2.62 bits per heavy atom. The van der Waals surface area contributed by atoms with Crippen LogP contribution in [0.3, 0.4) is 0 Å². The smallest absolute Gasteiger partial charge is 0.261 e. The van der Waals surface area contributed by atoms with E-state index in [9.17, 15) is 13.2 Å². The van der Waals surface area contributed by atoms with Crippen LogP contribution in [0.25, 0.3) is 0 Å². The molecule has 1 atom stereocenters. The fourth-order valence-electron chi connectivity index (χ4n) is 2.92. The minimum atomic E-state index is -3.08. The molecule has 0 aliphatic carbocycles. The highest BCUT2D eigenvalue weighted by Crippen LogP contribution is 2.24. The number of hydrogen-bond donors (Lipinski definition) is 0. The standard InChI is InChI=1S/C18H20ClNO4S2/c1-13-6-8-25-17(13)10-20(15-7-9-26(22,23)12-15)18(21)11-24-16-4-2-14(19)3-5-16/h2-6,8,15H,7,9-12H2,1H3/t15-/m0/s1. The summed E-state index contributed by atoms with van der Waals surface area (Å²) in [4.78, 5) is 15.5. The molecule has 0 radical (unpaired) electrons. The molecule has 0 bridgehead atoms. The molecule has 3 rings (SSSR count). The molecule has 1 aliphatic rings. The summed E-state index contributed by atoms with van der Waals surface area (Å²) >= 11 is 7.42. The summed E-state index contributed by atoms with van der Waals surface area (Å²) in [6.45, 7) is 2.26. The number of hydrogen-bond acceptors (Lipinski definition) is 5. The lowest BCUT2D eigenvalue weighted by Gasteiger charge is -2.28. The summed E-state index contributed by atoms with van der Waals surface area (Å²) in [6.07, 6.45) is 0.472. The molecule has 1 aromatic carbocycles. The zero-order chi connectivity index (χ0) is 18.7. The Hall–Kier alpha value is -1.57. The van der Waals surface area contributed by atoms with Gasteiger partial charge >= 0.3 is 0 Å². The van der Waals surface area contributed by atoms with Gasteiger partial charge in [0.15, 0.2) is 16.4 Å². The maximum atomic E-state index is 12.8. The van der Waals surface area contributed by atoms with Gasteiger partial charge in [-0.15, -0.1) is 11.3 Å². The predicted octanol–water partition coefficient (Wildman–Crippen LogP) is 3.30. The van der Waals surface area contributed by atoms with Gasteiger partial charge in [0, 0.05) is 15.9 Å². The number of carbonyl (C=O) groups is 1. The van der Waals surface area contributed by atoms with Crippen LogP contribution >= 0.6 is 22.9 Å². The lowest BCUT2D eigenvalue weighted by molar-refractivity contribution is -0.135. The van der Waals surface area contributed by atoms with E-state index >= 15 is 0 Å². The van der Waals surface area contributed by atoms with E-state index in [1.165, 1.54) is 0 Å². The zero-order valence-electron chi connectivity index (χ0n) is 14.4. The van der Waals surface area contributed by atoms with Gasteiger partial charge in [-0.2, -0.15) is 0 Å². The van der Waals surface area contributed by atoms with E-state index in [1.807, 2.05) is 18.4 Å². The second-order valence-electron chi connectivity index (χ2n) is 6.35. The van der Waals surface area contributed by atoms with E-state index in [4.69, 9.17) is 16.3 Å². The molecule has 0 N–H and O–H groups in total. The van der Waals surface area contributed by atoms with Crippen molar-refractivity contribution in [3.8, 4) is 5.75 Å². The molecule has 1 saturated heterocycles. The molecule has 0 unspecified atom stereocenters. The van der Waals surface area contributed by atoms with Crippen LogP contribution in [0.5, 0.6) is 5.75 Å². The molecule has 0 spiro atoms. The van der Waals surface area contributed by atoms with Gasteiger partial charge in [-0.1, -0.05) is 11.6 Å². The van der Waals surface area contributed by atoms with E-state index in [-0.39, 0.29) is 30.1 Å². The lowest BCUT2D eigenvalue weighted by atomic mass is 10.2. The number of halogens is 1. The first-order valence-electron chi connectivity index (χ1n) is 8.25. The van der Waals surface area contributed by atoms with Crippen molar-refractivity contribution < 1.29 is 17.9 Å². The van der Waals surface area contributed by atoms with Crippen LogP contribution in [0.2, 0.25) is 5.02 Å². The Bertz CT molecular complexity index is 877. The SMILES string of the molecule is Cc1ccsc1CN(C(=O)COc1ccc(Cl)cc1)[C@H]1CCS(=O)(=O)C1. The van der Waals surface area contributed by atoms with Crippen LogP contribution < -0.4 is 4.74 Å². The first kappa shape index (κ1) is 19.2. The van der Waals surface area contributed by atoms with Crippen molar-refractivity contribution >= 4 is 38.7 Å². The van der Waals surface area contributed by atoms with E-state index < -0.39 is 9.84 Å². The normalized spacial score (nSPS) is 18.6. The summed E-state index contributed by atoms with van der Waals surface area (Å²) in [5.74, 6) is 0.483. The van der Waals surface area contributed by atoms with Crippen LogP contribution in [-0.4, -0.2) is 43.4 Å². The fraction of sp³-hybridized carbons (Fsp3) is 0.389. The van der Waals surface area contributed by atoms with Crippen molar-refractivity contribution in [1.82, 2.24) is 4.90 Å². The number of sulfone groups is 1. The number of nitrogens with zero attached hydrogens (tertiary/aromatic N) is 1. The molecule has 2 heterocycles. The number of carbonyl (C=O) groups excluding carboxylic acids is 1. The average molecular weight is 414 g/mol. The molecule has 5 nitrogen and oxygen atoms in total. The first-order valence-corrected chi connectivity index (χ1v) is 11.3. The predicted molar refractivity (Wildman–Crippen MR) is 104 cm³/mol. The summed E-state index contributed by atoms with van der Waals surface area (Å²) in [6, 6.07) is 8.48. The molecule has 140 valence electrons.